The summed E-state index contributed by atoms with van der Waals surface area (Å²) in [5.41, 5.74) is 34.6. The summed E-state index contributed by atoms with van der Waals surface area (Å²) in [4.78, 5) is 0. The summed E-state index contributed by atoms with van der Waals surface area (Å²) in [6.07, 6.45) is 0. The average Bonchev–Trinajstić information content (AvgIpc) is 1.62. The van der Waals surface area contributed by atoms with Gasteiger partial charge in [0.2, 0.25) is 0 Å². The van der Waals surface area contributed by atoms with Gasteiger partial charge in [-0.05, 0) is 209 Å². The maximum atomic E-state index is 6.61. The highest BCUT2D eigenvalue weighted by Gasteiger charge is 2.35. The molecule has 4 nitrogen and oxygen atoms in total. The second kappa shape index (κ2) is 25.6. The van der Waals surface area contributed by atoms with Crippen LogP contribution in [0.4, 0.5) is 0 Å². The lowest BCUT2D eigenvalue weighted by atomic mass is 9.81. The first-order valence-electron chi connectivity index (χ1n) is 37.6. The van der Waals surface area contributed by atoms with Gasteiger partial charge in [0.25, 0.3) is 0 Å². The molecule has 22 rings (SSSR count). The van der Waals surface area contributed by atoms with Crippen molar-refractivity contribution in [3.8, 4) is 112 Å². The molecule has 0 atom stereocenters. The first kappa shape index (κ1) is 63.4. The van der Waals surface area contributed by atoms with Crippen LogP contribution in [0.15, 0.2) is 397 Å². The van der Waals surface area contributed by atoms with E-state index in [1.165, 1.54) is 116 Å². The molecule has 21 aromatic rings. The van der Waals surface area contributed by atoms with E-state index in [9.17, 15) is 0 Å². The Morgan fingerprint density at radius 1 is 0.193 bits per heavy atom. The third-order valence-electron chi connectivity index (χ3n) is 22.8. The molecule has 4 heteroatoms. The lowest BCUT2D eigenvalue weighted by molar-refractivity contribution is 0.660. The smallest absolute Gasteiger partial charge is 0.143 e. The van der Waals surface area contributed by atoms with Crippen molar-refractivity contribution in [1.29, 1.82) is 0 Å². The fourth-order valence-electron chi connectivity index (χ4n) is 17.5. The van der Waals surface area contributed by atoms with Crippen molar-refractivity contribution in [2.24, 2.45) is 0 Å². The molecule has 512 valence electrons. The topological polar surface area (TPSA) is 36.1 Å². The number of aromatic nitrogens is 2. The third kappa shape index (κ3) is 10.7. The molecule has 0 N–H and O–H groups in total. The van der Waals surface area contributed by atoms with Crippen molar-refractivity contribution < 1.29 is 8.83 Å². The number of hydrogen-bond acceptors (Lipinski definition) is 2. The van der Waals surface area contributed by atoms with E-state index in [4.69, 9.17) is 8.83 Å². The van der Waals surface area contributed by atoms with Gasteiger partial charge in [-0.25, -0.2) is 0 Å². The minimum atomic E-state index is -0.0852. The second-order valence-corrected chi connectivity index (χ2v) is 29.5. The van der Waals surface area contributed by atoms with E-state index >= 15 is 0 Å². The molecule has 0 bridgehead atoms. The van der Waals surface area contributed by atoms with Crippen LogP contribution in [-0.4, -0.2) is 9.13 Å². The molecule has 109 heavy (non-hydrogen) atoms. The molecule has 1 aliphatic rings. The zero-order valence-corrected chi connectivity index (χ0v) is 60.2. The van der Waals surface area contributed by atoms with Crippen LogP contribution >= 0.6 is 0 Å². The van der Waals surface area contributed by atoms with Crippen LogP contribution in [0.2, 0.25) is 0 Å². The standard InChI is InChI=1S/C54H35NO.C51H35NO/c1-3-14-36(15-4-1)38-18-11-19-39(30-38)42-31-43(33-44(32-42)46-24-13-25-50-49-23-8-10-27-53(49)56-54(46)50)41-28-29-48-47-22-7-9-26-51(47)55(52(48)35-41)45-21-12-20-40(34-45)37-16-5-2-6-17-37;1-51(2)45-20-9-6-15-39(45)40-25-23-32(30-46(40)51)34-27-35(29-36(28-34)38-18-12-19-44-43-17-8-11-22-49(43)53-50(38)44)33-24-26-42-41-16-7-10-21-47(41)52(48(42)31-33)37-13-4-3-5-14-37/h1-35H;3-31H,1-2H3. The van der Waals surface area contributed by atoms with Crippen molar-refractivity contribution >= 4 is 87.5 Å². The van der Waals surface area contributed by atoms with Crippen LogP contribution < -0.4 is 0 Å². The molecular formula is C105H70N2O2. The molecule has 0 saturated carbocycles. The monoisotopic (exact) mass is 1390 g/mol. The summed E-state index contributed by atoms with van der Waals surface area (Å²) in [7, 11) is 0. The van der Waals surface area contributed by atoms with Crippen molar-refractivity contribution in [1.82, 2.24) is 9.13 Å². The van der Waals surface area contributed by atoms with Crippen LogP contribution in [0, 0.1) is 0 Å². The van der Waals surface area contributed by atoms with Gasteiger partial charge in [0.05, 0.1) is 22.1 Å². The fraction of sp³-hybridized carbons (Fsp3) is 0.0286. The van der Waals surface area contributed by atoms with Gasteiger partial charge in [0.15, 0.2) is 0 Å². The number of hydrogen-bond donors (Lipinski definition) is 0. The largest absolute Gasteiger partial charge is 0.455 e. The lowest BCUT2D eigenvalue weighted by Crippen LogP contribution is -2.14. The van der Waals surface area contributed by atoms with Crippen LogP contribution in [0.3, 0.4) is 0 Å². The Kier molecular flexibility index (Phi) is 14.9. The van der Waals surface area contributed by atoms with Crippen LogP contribution in [0.5, 0.6) is 0 Å². The summed E-state index contributed by atoms with van der Waals surface area (Å²) in [6.45, 7) is 4.71. The lowest BCUT2D eigenvalue weighted by Gasteiger charge is -2.22. The van der Waals surface area contributed by atoms with Crippen molar-refractivity contribution in [3.63, 3.8) is 0 Å². The fourth-order valence-corrected chi connectivity index (χ4v) is 17.5. The Morgan fingerprint density at radius 3 is 1.08 bits per heavy atom. The highest BCUT2D eigenvalue weighted by molar-refractivity contribution is 6.14. The number of rotatable bonds is 10. The zero-order chi connectivity index (χ0) is 72.3. The normalized spacial score (nSPS) is 12.4. The Morgan fingerprint density at radius 2 is 0.532 bits per heavy atom. The predicted molar refractivity (Wildman–Crippen MR) is 457 cm³/mol. The molecule has 4 aromatic heterocycles. The Balaban J connectivity index is 0.000000139. The maximum Gasteiger partial charge on any atom is 0.143 e. The van der Waals surface area contributed by atoms with E-state index in [1.54, 1.807) is 0 Å². The average molecular weight is 1390 g/mol. The van der Waals surface area contributed by atoms with E-state index in [-0.39, 0.29) is 5.41 Å². The van der Waals surface area contributed by atoms with Crippen LogP contribution in [0.1, 0.15) is 25.0 Å². The third-order valence-corrected chi connectivity index (χ3v) is 22.8. The number of benzene rings is 17. The molecule has 0 aliphatic heterocycles. The summed E-state index contributed by atoms with van der Waals surface area (Å²) in [5, 5.41) is 9.50. The molecule has 0 spiro atoms. The summed E-state index contributed by atoms with van der Waals surface area (Å²) < 4.78 is 18.0. The van der Waals surface area contributed by atoms with Crippen LogP contribution in [0.25, 0.3) is 199 Å². The number of nitrogens with zero attached hydrogens (tertiary/aromatic N) is 2. The SMILES string of the molecule is CC1(C)c2ccccc2-c2ccc(-c3cc(-c4ccc5c6ccccc6n(-c6ccccc6)c5c4)cc(-c4cccc5c4oc4ccccc45)c3)cc21.c1ccc(-c2cccc(-c3cc(-c4ccc5c6ccccc6n(-c6cccc(-c7ccccc7)c6)c5c4)cc(-c4cccc5c4oc4ccccc45)c3)c2)cc1. The maximum absolute atomic E-state index is 6.61. The minimum absolute atomic E-state index is 0.0852. The number of para-hydroxylation sites is 7. The molecule has 0 amide bonds. The summed E-state index contributed by atoms with van der Waals surface area (Å²) >= 11 is 0. The molecule has 1 aliphatic carbocycles. The molecule has 0 fully saturated rings. The molecule has 17 aromatic carbocycles. The van der Waals surface area contributed by atoms with Gasteiger partial charge in [-0.2, -0.15) is 0 Å². The van der Waals surface area contributed by atoms with E-state index in [1.807, 2.05) is 12.1 Å². The van der Waals surface area contributed by atoms with E-state index in [0.717, 1.165) is 94.2 Å². The number of fused-ring (bicyclic) bond motifs is 15. The first-order valence-corrected chi connectivity index (χ1v) is 37.6. The number of furan rings is 2. The van der Waals surface area contributed by atoms with Gasteiger partial charge in [-0.15, -0.1) is 0 Å². The Labute approximate surface area is 631 Å². The van der Waals surface area contributed by atoms with Gasteiger partial charge in [0, 0.05) is 71.0 Å². The Bertz CT molecular complexity index is 7190. The first-order chi connectivity index (χ1) is 53.8. The highest BCUT2D eigenvalue weighted by atomic mass is 16.3. The van der Waals surface area contributed by atoms with Gasteiger partial charge < -0.3 is 18.0 Å². The van der Waals surface area contributed by atoms with Gasteiger partial charge in [-0.1, -0.05) is 293 Å². The van der Waals surface area contributed by atoms with Gasteiger partial charge in [-0.3, -0.25) is 0 Å². The van der Waals surface area contributed by atoms with Crippen molar-refractivity contribution in [3.05, 3.63) is 399 Å². The van der Waals surface area contributed by atoms with E-state index in [0.29, 0.717) is 0 Å². The predicted octanol–water partition coefficient (Wildman–Crippen LogP) is 29.0. The molecule has 4 heterocycles. The molecular weight excluding hydrogens is 1320 g/mol. The quantitative estimate of drug-likeness (QED) is 0.137. The summed E-state index contributed by atoms with van der Waals surface area (Å²) in [6, 6.07) is 141. The van der Waals surface area contributed by atoms with Crippen LogP contribution in [-0.2, 0) is 5.41 Å². The second-order valence-electron chi connectivity index (χ2n) is 29.5. The van der Waals surface area contributed by atoms with Crippen molar-refractivity contribution in [2.75, 3.05) is 0 Å². The van der Waals surface area contributed by atoms with E-state index in [2.05, 4.69) is 399 Å². The highest BCUT2D eigenvalue weighted by Crippen LogP contribution is 2.51. The molecule has 0 radical (unpaired) electrons. The van der Waals surface area contributed by atoms with E-state index < -0.39 is 0 Å². The minimum Gasteiger partial charge on any atom is -0.455 e. The zero-order valence-electron chi connectivity index (χ0n) is 60.2. The molecule has 0 unspecified atom stereocenters. The van der Waals surface area contributed by atoms with Gasteiger partial charge >= 0.3 is 0 Å². The van der Waals surface area contributed by atoms with Gasteiger partial charge in [0.1, 0.15) is 22.3 Å². The summed E-state index contributed by atoms with van der Waals surface area (Å²) in [5.74, 6) is 0. The van der Waals surface area contributed by atoms with Crippen molar-refractivity contribution in [2.45, 2.75) is 19.3 Å². The molecule has 0 saturated heterocycles. The Hall–Kier alpha value is -14.1.